The molecule has 0 unspecified atom stereocenters. The van der Waals surface area contributed by atoms with Crippen molar-refractivity contribution in [1.82, 2.24) is 5.16 Å². The van der Waals surface area contributed by atoms with E-state index in [1.165, 1.54) is 43.5 Å². The van der Waals surface area contributed by atoms with E-state index in [-0.39, 0.29) is 29.5 Å². The number of benzene rings is 2. The normalized spacial score (nSPS) is 10.5. The van der Waals surface area contributed by atoms with Crippen molar-refractivity contribution in [2.75, 3.05) is 12.4 Å². The molecular weight excluding hydrogens is 330 g/mol. The van der Waals surface area contributed by atoms with E-state index in [0.29, 0.717) is 11.1 Å². The Morgan fingerprint density at radius 3 is 2.60 bits per heavy atom. The highest BCUT2D eigenvalue weighted by Gasteiger charge is 2.24. The average molecular weight is 344 g/mol. The first-order chi connectivity index (χ1) is 12.1. The summed E-state index contributed by atoms with van der Waals surface area (Å²) in [6, 6.07) is 11.5. The van der Waals surface area contributed by atoms with Gasteiger partial charge < -0.3 is 14.6 Å². The number of anilines is 1. The number of aromatic nitrogens is 1. The molecule has 0 fully saturated rings. The lowest BCUT2D eigenvalue weighted by Crippen LogP contribution is -2.07. The highest BCUT2D eigenvalue weighted by atomic mass is 19.1. The first-order valence-corrected chi connectivity index (χ1v) is 7.40. The number of nitrogens with one attached hydrogen (secondary N) is 1. The van der Waals surface area contributed by atoms with Crippen molar-refractivity contribution in [3.8, 4) is 11.3 Å². The molecule has 25 heavy (non-hydrogen) atoms. The van der Waals surface area contributed by atoms with Gasteiger partial charge in [0.15, 0.2) is 5.56 Å². The van der Waals surface area contributed by atoms with Gasteiger partial charge in [-0.1, -0.05) is 17.3 Å². The van der Waals surface area contributed by atoms with Crippen molar-refractivity contribution in [2.24, 2.45) is 0 Å². The van der Waals surface area contributed by atoms with Gasteiger partial charge in [-0.2, -0.15) is 0 Å². The van der Waals surface area contributed by atoms with Crippen LogP contribution >= 0.6 is 0 Å². The summed E-state index contributed by atoms with van der Waals surface area (Å²) < 4.78 is 36.3. The summed E-state index contributed by atoms with van der Waals surface area (Å²) in [7, 11) is 1.24. The predicted molar refractivity (Wildman–Crippen MR) is 87.0 cm³/mol. The van der Waals surface area contributed by atoms with Crippen LogP contribution in [0, 0.1) is 11.6 Å². The molecule has 0 saturated heterocycles. The molecule has 2 aromatic carbocycles. The van der Waals surface area contributed by atoms with Gasteiger partial charge in [0.2, 0.25) is 5.88 Å². The molecule has 0 aliphatic carbocycles. The molecule has 0 aliphatic rings. The summed E-state index contributed by atoms with van der Waals surface area (Å²) in [6.45, 7) is 0.222. The van der Waals surface area contributed by atoms with Crippen LogP contribution in [-0.2, 0) is 11.3 Å². The zero-order valence-corrected chi connectivity index (χ0v) is 13.3. The zero-order valence-electron chi connectivity index (χ0n) is 13.3. The van der Waals surface area contributed by atoms with E-state index in [9.17, 15) is 13.6 Å². The monoisotopic (exact) mass is 344 g/mol. The van der Waals surface area contributed by atoms with E-state index in [0.717, 1.165) is 0 Å². The molecule has 0 aliphatic heterocycles. The number of hydrogen-bond donors (Lipinski definition) is 1. The molecule has 0 saturated carbocycles. The highest BCUT2D eigenvalue weighted by Crippen LogP contribution is 2.30. The molecule has 7 heteroatoms. The summed E-state index contributed by atoms with van der Waals surface area (Å²) >= 11 is 0. The Morgan fingerprint density at radius 2 is 1.92 bits per heavy atom. The number of hydrogen-bond acceptors (Lipinski definition) is 5. The summed E-state index contributed by atoms with van der Waals surface area (Å²) in [6.07, 6.45) is 0. The summed E-state index contributed by atoms with van der Waals surface area (Å²) in [5.41, 5.74) is 1.49. The minimum atomic E-state index is -0.651. The molecule has 1 N–H and O–H groups in total. The van der Waals surface area contributed by atoms with Gasteiger partial charge in [0.25, 0.3) is 0 Å². The molecule has 3 aromatic rings. The average Bonchev–Trinajstić information content (AvgIpc) is 3.04. The number of rotatable bonds is 5. The van der Waals surface area contributed by atoms with Crippen LogP contribution in [0.3, 0.4) is 0 Å². The van der Waals surface area contributed by atoms with Gasteiger partial charge in [-0.3, -0.25) is 0 Å². The van der Waals surface area contributed by atoms with E-state index < -0.39 is 11.8 Å². The fraction of sp³-hybridized carbons (Fsp3) is 0.111. The lowest BCUT2D eigenvalue weighted by atomic mass is 10.1. The largest absolute Gasteiger partial charge is 0.465 e. The van der Waals surface area contributed by atoms with Crippen LogP contribution < -0.4 is 5.32 Å². The number of halogens is 2. The molecule has 128 valence electrons. The topological polar surface area (TPSA) is 64.4 Å². The fourth-order valence-electron chi connectivity index (χ4n) is 2.34. The first-order valence-electron chi connectivity index (χ1n) is 7.40. The molecule has 1 heterocycles. The van der Waals surface area contributed by atoms with Gasteiger partial charge >= 0.3 is 5.97 Å². The molecule has 0 spiro atoms. The van der Waals surface area contributed by atoms with Crippen LogP contribution in [0.5, 0.6) is 0 Å². The molecule has 1 aromatic heterocycles. The van der Waals surface area contributed by atoms with Crippen LogP contribution in [0.1, 0.15) is 15.9 Å². The molecule has 0 amide bonds. The lowest BCUT2D eigenvalue weighted by molar-refractivity contribution is 0.0602. The third-order valence-corrected chi connectivity index (χ3v) is 3.54. The van der Waals surface area contributed by atoms with Crippen LogP contribution in [0.15, 0.2) is 53.1 Å². The maximum atomic E-state index is 13.2. The zero-order chi connectivity index (χ0) is 17.8. The quantitative estimate of drug-likeness (QED) is 0.708. The highest BCUT2D eigenvalue weighted by molar-refractivity contribution is 6.00. The van der Waals surface area contributed by atoms with Crippen molar-refractivity contribution < 1.29 is 22.8 Å². The molecule has 0 atom stereocenters. The van der Waals surface area contributed by atoms with Crippen molar-refractivity contribution in [2.45, 2.75) is 6.54 Å². The van der Waals surface area contributed by atoms with Crippen molar-refractivity contribution >= 4 is 11.9 Å². The van der Waals surface area contributed by atoms with Gasteiger partial charge in [0.05, 0.1) is 7.11 Å². The number of methoxy groups -OCH3 is 1. The predicted octanol–water partition coefficient (Wildman–Crippen LogP) is 4.02. The van der Waals surface area contributed by atoms with Gasteiger partial charge in [0.1, 0.15) is 17.3 Å². The van der Waals surface area contributed by atoms with E-state index in [1.54, 1.807) is 12.1 Å². The van der Waals surface area contributed by atoms with Crippen molar-refractivity contribution in [3.05, 3.63) is 71.3 Å². The SMILES string of the molecule is COC(=O)c1c(-c2ccc(F)cc2)noc1NCc1cccc(F)c1. The van der Waals surface area contributed by atoms with Crippen LogP contribution in [0.2, 0.25) is 0 Å². The molecular formula is C18H14F2N2O3. The van der Waals surface area contributed by atoms with Gasteiger partial charge in [-0.25, -0.2) is 13.6 Å². The maximum Gasteiger partial charge on any atom is 0.345 e. The van der Waals surface area contributed by atoms with Crippen LogP contribution in [-0.4, -0.2) is 18.2 Å². The Kier molecular flexibility index (Phi) is 4.74. The van der Waals surface area contributed by atoms with Gasteiger partial charge in [0, 0.05) is 12.1 Å². The van der Waals surface area contributed by atoms with Crippen molar-refractivity contribution in [3.63, 3.8) is 0 Å². The van der Waals surface area contributed by atoms with E-state index in [1.807, 2.05) is 0 Å². The second kappa shape index (κ2) is 7.12. The van der Waals surface area contributed by atoms with Gasteiger partial charge in [-0.15, -0.1) is 0 Å². The summed E-state index contributed by atoms with van der Waals surface area (Å²) in [5, 5.41) is 6.78. The molecule has 0 bridgehead atoms. The minimum absolute atomic E-state index is 0.0884. The maximum absolute atomic E-state index is 13.2. The number of carbonyl (C=O) groups is 1. The van der Waals surface area contributed by atoms with E-state index >= 15 is 0 Å². The lowest BCUT2D eigenvalue weighted by Gasteiger charge is -2.06. The number of nitrogens with zero attached hydrogens (tertiary/aromatic N) is 1. The Hall–Kier alpha value is -3.22. The second-order valence-electron chi connectivity index (χ2n) is 5.22. The standard InChI is InChI=1S/C18H14F2N2O3/c1-24-18(23)15-16(12-5-7-13(19)8-6-12)22-25-17(15)21-10-11-3-2-4-14(20)9-11/h2-9,21H,10H2,1H3. The Labute approximate surface area is 142 Å². The first kappa shape index (κ1) is 16.6. The molecule has 5 nitrogen and oxygen atoms in total. The van der Waals surface area contributed by atoms with E-state index in [2.05, 4.69) is 10.5 Å². The Bertz CT molecular complexity index is 892. The third-order valence-electron chi connectivity index (χ3n) is 3.54. The number of esters is 1. The molecule has 3 rings (SSSR count). The number of carbonyl (C=O) groups excluding carboxylic acids is 1. The smallest absolute Gasteiger partial charge is 0.345 e. The van der Waals surface area contributed by atoms with Crippen molar-refractivity contribution in [1.29, 1.82) is 0 Å². The Morgan fingerprint density at radius 1 is 1.16 bits per heavy atom. The third kappa shape index (κ3) is 3.65. The number of ether oxygens (including phenoxy) is 1. The minimum Gasteiger partial charge on any atom is -0.465 e. The fourth-order valence-corrected chi connectivity index (χ4v) is 2.34. The molecule has 0 radical (unpaired) electrons. The second-order valence-corrected chi connectivity index (χ2v) is 5.22. The van der Waals surface area contributed by atoms with Crippen LogP contribution in [0.25, 0.3) is 11.3 Å². The summed E-state index contributed by atoms with van der Waals surface area (Å²) in [4.78, 5) is 12.1. The Balaban J connectivity index is 1.91. The summed E-state index contributed by atoms with van der Waals surface area (Å²) in [5.74, 6) is -1.33. The van der Waals surface area contributed by atoms with Gasteiger partial charge in [-0.05, 0) is 42.0 Å². The van der Waals surface area contributed by atoms with Crippen LogP contribution in [0.4, 0.5) is 14.7 Å². The van der Waals surface area contributed by atoms with E-state index in [4.69, 9.17) is 9.26 Å².